The van der Waals surface area contributed by atoms with Gasteiger partial charge in [0.1, 0.15) is 5.82 Å². The number of nitrogens with zero attached hydrogens (tertiary/aromatic N) is 1. The van der Waals surface area contributed by atoms with Gasteiger partial charge in [0.25, 0.3) is 0 Å². The van der Waals surface area contributed by atoms with Crippen LogP contribution in [0.25, 0.3) is 0 Å². The molecule has 0 spiro atoms. The maximum absolute atomic E-state index is 13.8. The van der Waals surface area contributed by atoms with E-state index in [1.165, 1.54) is 11.6 Å². The summed E-state index contributed by atoms with van der Waals surface area (Å²) in [6.07, 6.45) is 3.81. The number of hydrogen-bond acceptors (Lipinski definition) is 2. The molecule has 0 bridgehead atoms. The van der Waals surface area contributed by atoms with Gasteiger partial charge >= 0.3 is 0 Å². The van der Waals surface area contributed by atoms with Gasteiger partial charge in [0, 0.05) is 38.8 Å². The van der Waals surface area contributed by atoms with Gasteiger partial charge in [-0.2, -0.15) is 0 Å². The Kier molecular flexibility index (Phi) is 7.43. The lowest BCUT2D eigenvalue weighted by molar-refractivity contribution is 0.0513. The molecule has 0 saturated carbocycles. The predicted octanol–water partition coefficient (Wildman–Crippen LogP) is 3.67. The van der Waals surface area contributed by atoms with Crippen molar-refractivity contribution in [1.29, 1.82) is 0 Å². The van der Waals surface area contributed by atoms with Gasteiger partial charge in [-0.1, -0.05) is 42.5 Å². The SMILES string of the molecule is CN=C(NCCCc1ccccc1)NCC1(c2cccc(F)c2)CCOCC1. The molecule has 0 atom stereocenters. The van der Waals surface area contributed by atoms with Crippen LogP contribution >= 0.6 is 0 Å². The molecule has 150 valence electrons. The molecular formula is C23H30FN3O. The van der Waals surface area contributed by atoms with Crippen molar-refractivity contribution in [2.45, 2.75) is 31.1 Å². The second-order valence-corrected chi connectivity index (χ2v) is 7.34. The van der Waals surface area contributed by atoms with E-state index in [0.717, 1.165) is 43.8 Å². The van der Waals surface area contributed by atoms with E-state index in [1.807, 2.05) is 12.1 Å². The molecule has 3 rings (SSSR count). The summed E-state index contributed by atoms with van der Waals surface area (Å²) < 4.78 is 19.4. The van der Waals surface area contributed by atoms with E-state index in [9.17, 15) is 4.39 Å². The second kappa shape index (κ2) is 10.2. The smallest absolute Gasteiger partial charge is 0.191 e. The number of ether oxygens (including phenoxy) is 1. The van der Waals surface area contributed by atoms with Gasteiger partial charge in [-0.25, -0.2) is 4.39 Å². The van der Waals surface area contributed by atoms with Crippen molar-refractivity contribution < 1.29 is 9.13 Å². The maximum atomic E-state index is 13.8. The van der Waals surface area contributed by atoms with Crippen LogP contribution in [0, 0.1) is 5.82 Å². The zero-order valence-electron chi connectivity index (χ0n) is 16.6. The Morgan fingerprint density at radius 2 is 1.86 bits per heavy atom. The topological polar surface area (TPSA) is 45.7 Å². The van der Waals surface area contributed by atoms with Crippen molar-refractivity contribution in [3.05, 3.63) is 71.5 Å². The normalized spacial score (nSPS) is 16.6. The fourth-order valence-electron chi connectivity index (χ4n) is 3.77. The molecule has 0 unspecified atom stereocenters. The molecule has 28 heavy (non-hydrogen) atoms. The third kappa shape index (κ3) is 5.55. The van der Waals surface area contributed by atoms with Crippen LogP contribution in [0.4, 0.5) is 4.39 Å². The summed E-state index contributed by atoms with van der Waals surface area (Å²) in [5, 5.41) is 6.85. The fraction of sp³-hybridized carbons (Fsp3) is 0.435. The Labute approximate surface area is 167 Å². The zero-order chi connectivity index (χ0) is 19.7. The molecular weight excluding hydrogens is 353 g/mol. The Morgan fingerprint density at radius 1 is 1.07 bits per heavy atom. The summed E-state index contributed by atoms with van der Waals surface area (Å²) in [5.41, 5.74) is 2.24. The molecule has 2 N–H and O–H groups in total. The van der Waals surface area contributed by atoms with Crippen LogP contribution in [0.2, 0.25) is 0 Å². The number of aliphatic imine (C=N–C) groups is 1. The summed E-state index contributed by atoms with van der Waals surface area (Å²) in [4.78, 5) is 4.35. The van der Waals surface area contributed by atoms with Crippen molar-refractivity contribution in [1.82, 2.24) is 10.6 Å². The van der Waals surface area contributed by atoms with Gasteiger partial charge in [0.05, 0.1) is 0 Å². The minimum absolute atomic E-state index is 0.137. The van der Waals surface area contributed by atoms with Gasteiger partial charge in [-0.05, 0) is 48.9 Å². The lowest BCUT2D eigenvalue weighted by Crippen LogP contribution is -2.48. The number of rotatable bonds is 7. The molecule has 2 aromatic carbocycles. The summed E-state index contributed by atoms with van der Waals surface area (Å²) in [7, 11) is 1.78. The number of nitrogens with one attached hydrogen (secondary N) is 2. The van der Waals surface area contributed by atoms with Gasteiger partial charge in [0.2, 0.25) is 0 Å². The highest BCUT2D eigenvalue weighted by Gasteiger charge is 2.34. The second-order valence-electron chi connectivity index (χ2n) is 7.34. The molecule has 0 amide bonds. The van der Waals surface area contributed by atoms with Gasteiger partial charge in [-0.15, -0.1) is 0 Å². The first-order valence-electron chi connectivity index (χ1n) is 10.0. The number of aryl methyl sites for hydroxylation is 1. The molecule has 1 fully saturated rings. The largest absolute Gasteiger partial charge is 0.381 e. The highest BCUT2D eigenvalue weighted by atomic mass is 19.1. The van der Waals surface area contributed by atoms with E-state index >= 15 is 0 Å². The van der Waals surface area contributed by atoms with E-state index in [-0.39, 0.29) is 11.2 Å². The molecule has 0 aliphatic carbocycles. The van der Waals surface area contributed by atoms with Crippen molar-refractivity contribution >= 4 is 5.96 Å². The average molecular weight is 384 g/mol. The number of halogens is 1. The summed E-state index contributed by atoms with van der Waals surface area (Å²) in [6.45, 7) is 2.95. The Morgan fingerprint density at radius 3 is 2.57 bits per heavy atom. The molecule has 2 aromatic rings. The maximum Gasteiger partial charge on any atom is 0.191 e. The monoisotopic (exact) mass is 383 g/mol. The molecule has 5 heteroatoms. The molecule has 1 aliphatic heterocycles. The summed E-state index contributed by atoms with van der Waals surface area (Å²) in [5.74, 6) is 0.599. The lowest BCUT2D eigenvalue weighted by atomic mass is 9.74. The molecule has 0 aromatic heterocycles. The number of hydrogen-bond donors (Lipinski definition) is 2. The van der Waals surface area contributed by atoms with E-state index in [4.69, 9.17) is 4.74 Å². The number of guanidine groups is 1. The molecule has 1 aliphatic rings. The quantitative estimate of drug-likeness (QED) is 0.436. The van der Waals surface area contributed by atoms with Gasteiger partial charge in [0.15, 0.2) is 5.96 Å². The van der Waals surface area contributed by atoms with Crippen molar-refractivity contribution in [2.75, 3.05) is 33.4 Å². The zero-order valence-corrected chi connectivity index (χ0v) is 16.6. The average Bonchev–Trinajstić information content (AvgIpc) is 2.74. The first kappa shape index (κ1) is 20.3. The minimum Gasteiger partial charge on any atom is -0.381 e. The van der Waals surface area contributed by atoms with Gasteiger partial charge in [-0.3, -0.25) is 4.99 Å². The van der Waals surface area contributed by atoms with Gasteiger partial charge < -0.3 is 15.4 Å². The van der Waals surface area contributed by atoms with Crippen LogP contribution in [0.3, 0.4) is 0 Å². The van der Waals surface area contributed by atoms with E-state index in [2.05, 4.69) is 39.9 Å². The first-order valence-corrected chi connectivity index (χ1v) is 10.0. The van der Waals surface area contributed by atoms with E-state index < -0.39 is 0 Å². The summed E-state index contributed by atoms with van der Waals surface area (Å²) in [6, 6.07) is 17.5. The van der Waals surface area contributed by atoms with Crippen molar-refractivity contribution in [3.63, 3.8) is 0 Å². The summed E-state index contributed by atoms with van der Waals surface area (Å²) >= 11 is 0. The van der Waals surface area contributed by atoms with Crippen LogP contribution in [-0.4, -0.2) is 39.3 Å². The minimum atomic E-state index is -0.188. The van der Waals surface area contributed by atoms with Crippen LogP contribution in [0.15, 0.2) is 59.6 Å². The number of benzene rings is 2. The molecule has 1 saturated heterocycles. The molecule has 4 nitrogen and oxygen atoms in total. The standard InChI is InChI=1S/C23H30FN3O/c1-25-22(26-14-6-9-19-7-3-2-4-8-19)27-18-23(12-15-28-16-13-23)20-10-5-11-21(24)17-20/h2-5,7-8,10-11,17H,6,9,12-16,18H2,1H3,(H2,25,26,27). The van der Waals surface area contributed by atoms with E-state index in [0.29, 0.717) is 19.8 Å². The first-order chi connectivity index (χ1) is 13.7. The van der Waals surface area contributed by atoms with Crippen LogP contribution in [-0.2, 0) is 16.6 Å². The van der Waals surface area contributed by atoms with Crippen LogP contribution in [0.5, 0.6) is 0 Å². The lowest BCUT2D eigenvalue weighted by Gasteiger charge is -2.38. The van der Waals surface area contributed by atoms with Crippen molar-refractivity contribution in [2.24, 2.45) is 4.99 Å². The Bertz CT molecular complexity index is 757. The Hall–Kier alpha value is -2.40. The van der Waals surface area contributed by atoms with Crippen LogP contribution in [0.1, 0.15) is 30.4 Å². The highest BCUT2D eigenvalue weighted by Crippen LogP contribution is 2.34. The third-order valence-corrected chi connectivity index (χ3v) is 5.48. The third-order valence-electron chi connectivity index (χ3n) is 5.48. The van der Waals surface area contributed by atoms with E-state index in [1.54, 1.807) is 19.2 Å². The Balaban J connectivity index is 1.54. The fourth-order valence-corrected chi connectivity index (χ4v) is 3.77. The molecule has 1 heterocycles. The molecule has 0 radical (unpaired) electrons. The highest BCUT2D eigenvalue weighted by molar-refractivity contribution is 5.79. The predicted molar refractivity (Wildman–Crippen MR) is 112 cm³/mol. The van der Waals surface area contributed by atoms with Crippen molar-refractivity contribution in [3.8, 4) is 0 Å². The van der Waals surface area contributed by atoms with Crippen LogP contribution < -0.4 is 10.6 Å².